The maximum Gasteiger partial charge on any atom is 0.307 e. The Labute approximate surface area is 115 Å². The third kappa shape index (κ3) is 4.76. The smallest absolute Gasteiger partial charge is 0.307 e. The van der Waals surface area contributed by atoms with Gasteiger partial charge in [0.1, 0.15) is 6.10 Å². The van der Waals surface area contributed by atoms with Crippen molar-refractivity contribution in [2.45, 2.75) is 51.2 Å². The van der Waals surface area contributed by atoms with Gasteiger partial charge in [-0.15, -0.1) is 0 Å². The molecule has 19 heavy (non-hydrogen) atoms. The molecule has 0 amide bonds. The molecule has 1 heterocycles. The maximum absolute atomic E-state index is 11.8. The summed E-state index contributed by atoms with van der Waals surface area (Å²) in [5.74, 6) is 0.664. The molecule has 0 aromatic heterocycles. The molecule has 5 nitrogen and oxygen atoms in total. The summed E-state index contributed by atoms with van der Waals surface area (Å²) in [5, 5.41) is 3.07. The highest BCUT2D eigenvalue weighted by Gasteiger charge is 2.28. The van der Waals surface area contributed by atoms with Gasteiger partial charge in [0.25, 0.3) is 0 Å². The average molecular weight is 289 g/mol. The lowest BCUT2D eigenvalue weighted by Gasteiger charge is -2.27. The average Bonchev–Trinajstić information content (AvgIpc) is 2.30. The predicted octanol–water partition coefficient (Wildman–Crippen LogP) is 0.885. The highest BCUT2D eigenvalue weighted by molar-refractivity contribution is 7.91. The van der Waals surface area contributed by atoms with Gasteiger partial charge in [0.2, 0.25) is 0 Å². The molecule has 110 valence electrons. The molecule has 1 saturated carbocycles. The summed E-state index contributed by atoms with van der Waals surface area (Å²) >= 11 is 0. The van der Waals surface area contributed by atoms with Crippen LogP contribution >= 0.6 is 0 Å². The van der Waals surface area contributed by atoms with Crippen LogP contribution in [-0.2, 0) is 19.4 Å². The van der Waals surface area contributed by atoms with E-state index in [0.29, 0.717) is 6.54 Å². The SMILES string of the molecule is CC1CCC(OC(=O)CC2CS(=O)(=O)CCN2)CC1. The lowest BCUT2D eigenvalue weighted by atomic mass is 9.89. The van der Waals surface area contributed by atoms with Crippen LogP contribution in [0, 0.1) is 5.92 Å². The van der Waals surface area contributed by atoms with Crippen molar-refractivity contribution in [2.24, 2.45) is 5.92 Å². The minimum Gasteiger partial charge on any atom is -0.462 e. The topological polar surface area (TPSA) is 72.5 Å². The zero-order valence-electron chi connectivity index (χ0n) is 11.4. The van der Waals surface area contributed by atoms with E-state index in [1.54, 1.807) is 0 Å². The molecule has 1 saturated heterocycles. The van der Waals surface area contributed by atoms with Crippen LogP contribution in [0.1, 0.15) is 39.0 Å². The quantitative estimate of drug-likeness (QED) is 0.781. The number of hydrogen-bond donors (Lipinski definition) is 1. The molecule has 0 aromatic carbocycles. The van der Waals surface area contributed by atoms with Crippen molar-refractivity contribution in [1.29, 1.82) is 0 Å². The fourth-order valence-corrected chi connectivity index (χ4v) is 4.23. The fraction of sp³-hybridized carbons (Fsp3) is 0.923. The molecule has 0 bridgehead atoms. The first-order valence-electron chi connectivity index (χ1n) is 7.08. The number of rotatable bonds is 3. The number of ether oxygens (including phenoxy) is 1. The minimum absolute atomic E-state index is 0.0314. The first-order chi connectivity index (χ1) is 8.94. The highest BCUT2D eigenvalue weighted by atomic mass is 32.2. The molecule has 0 spiro atoms. The molecular weight excluding hydrogens is 266 g/mol. The molecule has 1 aliphatic heterocycles. The third-order valence-electron chi connectivity index (χ3n) is 3.98. The van der Waals surface area contributed by atoms with E-state index in [9.17, 15) is 13.2 Å². The molecule has 1 unspecified atom stereocenters. The molecule has 2 rings (SSSR count). The second kappa shape index (κ2) is 6.22. The van der Waals surface area contributed by atoms with E-state index in [2.05, 4.69) is 12.2 Å². The van der Waals surface area contributed by atoms with Crippen molar-refractivity contribution in [3.05, 3.63) is 0 Å². The molecule has 1 aliphatic carbocycles. The Balaban J connectivity index is 1.75. The lowest BCUT2D eigenvalue weighted by Crippen LogP contribution is -2.46. The number of carbonyl (C=O) groups excluding carboxylic acids is 1. The van der Waals surface area contributed by atoms with Gasteiger partial charge >= 0.3 is 5.97 Å². The standard InChI is InChI=1S/C13H23NO4S/c1-10-2-4-12(5-3-10)18-13(15)8-11-9-19(16,17)7-6-14-11/h10-12,14H,2-9H2,1H3. The van der Waals surface area contributed by atoms with Crippen LogP contribution in [0.25, 0.3) is 0 Å². The number of hydrogen-bond acceptors (Lipinski definition) is 5. The van der Waals surface area contributed by atoms with Crippen LogP contribution in [-0.4, -0.2) is 44.6 Å². The van der Waals surface area contributed by atoms with Gasteiger partial charge in [-0.1, -0.05) is 6.92 Å². The normalized spacial score (nSPS) is 34.7. The molecule has 1 atom stereocenters. The fourth-order valence-electron chi connectivity index (χ4n) is 2.78. The third-order valence-corrected chi connectivity index (χ3v) is 5.71. The number of carbonyl (C=O) groups is 1. The summed E-state index contributed by atoms with van der Waals surface area (Å²) in [6, 6.07) is -0.284. The minimum atomic E-state index is -2.99. The second-order valence-corrected chi connectivity index (χ2v) is 8.07. The Morgan fingerprint density at radius 3 is 2.58 bits per heavy atom. The predicted molar refractivity (Wildman–Crippen MR) is 72.6 cm³/mol. The summed E-state index contributed by atoms with van der Waals surface area (Å²) in [5.41, 5.74) is 0. The maximum atomic E-state index is 11.8. The van der Waals surface area contributed by atoms with E-state index in [0.717, 1.165) is 31.6 Å². The Hall–Kier alpha value is -0.620. The molecule has 1 N–H and O–H groups in total. The van der Waals surface area contributed by atoms with Crippen LogP contribution in [0.2, 0.25) is 0 Å². The molecule has 2 fully saturated rings. The molecule has 0 radical (unpaired) electrons. The van der Waals surface area contributed by atoms with Gasteiger partial charge in [0.15, 0.2) is 9.84 Å². The van der Waals surface area contributed by atoms with E-state index >= 15 is 0 Å². The molecule has 6 heteroatoms. The van der Waals surface area contributed by atoms with Crippen molar-refractivity contribution in [1.82, 2.24) is 5.32 Å². The van der Waals surface area contributed by atoms with Crippen molar-refractivity contribution in [3.63, 3.8) is 0 Å². The molecule has 2 aliphatic rings. The Bertz CT molecular complexity index is 412. The molecular formula is C13H23NO4S. The van der Waals surface area contributed by atoms with Gasteiger partial charge < -0.3 is 10.1 Å². The number of esters is 1. The molecule has 0 aromatic rings. The van der Waals surface area contributed by atoms with E-state index in [4.69, 9.17) is 4.74 Å². The van der Waals surface area contributed by atoms with Crippen molar-refractivity contribution >= 4 is 15.8 Å². The first kappa shape index (κ1) is 14.8. The summed E-state index contributed by atoms with van der Waals surface area (Å²) in [6.45, 7) is 2.65. The monoisotopic (exact) mass is 289 g/mol. The van der Waals surface area contributed by atoms with E-state index < -0.39 is 9.84 Å². The number of nitrogens with one attached hydrogen (secondary N) is 1. The van der Waals surface area contributed by atoms with Crippen LogP contribution in [0.15, 0.2) is 0 Å². The van der Waals surface area contributed by atoms with Gasteiger partial charge in [-0.05, 0) is 31.6 Å². The van der Waals surface area contributed by atoms with Gasteiger partial charge in [-0.2, -0.15) is 0 Å². The zero-order chi connectivity index (χ0) is 13.9. The largest absolute Gasteiger partial charge is 0.462 e. The van der Waals surface area contributed by atoms with Crippen LogP contribution in [0.4, 0.5) is 0 Å². The second-order valence-electron chi connectivity index (χ2n) is 5.84. The van der Waals surface area contributed by atoms with Gasteiger partial charge in [0, 0.05) is 12.6 Å². The Morgan fingerprint density at radius 1 is 1.26 bits per heavy atom. The Morgan fingerprint density at radius 2 is 1.95 bits per heavy atom. The van der Waals surface area contributed by atoms with Gasteiger partial charge in [-0.3, -0.25) is 4.79 Å². The van der Waals surface area contributed by atoms with Gasteiger partial charge in [0.05, 0.1) is 17.9 Å². The van der Waals surface area contributed by atoms with Crippen LogP contribution in [0.3, 0.4) is 0 Å². The van der Waals surface area contributed by atoms with Crippen LogP contribution in [0.5, 0.6) is 0 Å². The summed E-state index contributed by atoms with van der Waals surface area (Å²) < 4.78 is 28.4. The zero-order valence-corrected chi connectivity index (χ0v) is 12.2. The summed E-state index contributed by atoms with van der Waals surface area (Å²) in [4.78, 5) is 11.8. The highest BCUT2D eigenvalue weighted by Crippen LogP contribution is 2.25. The first-order valence-corrected chi connectivity index (χ1v) is 8.90. The van der Waals surface area contributed by atoms with Crippen molar-refractivity contribution in [3.8, 4) is 0 Å². The van der Waals surface area contributed by atoms with E-state index in [-0.39, 0.29) is 36.0 Å². The lowest BCUT2D eigenvalue weighted by molar-refractivity contribution is -0.151. The summed E-state index contributed by atoms with van der Waals surface area (Å²) in [6.07, 6.45) is 4.27. The Kier molecular flexibility index (Phi) is 4.84. The van der Waals surface area contributed by atoms with Crippen molar-refractivity contribution < 1.29 is 17.9 Å². The summed E-state index contributed by atoms with van der Waals surface area (Å²) in [7, 11) is -2.99. The van der Waals surface area contributed by atoms with Crippen LogP contribution < -0.4 is 5.32 Å². The van der Waals surface area contributed by atoms with E-state index in [1.807, 2.05) is 0 Å². The van der Waals surface area contributed by atoms with E-state index in [1.165, 1.54) is 0 Å². The number of sulfone groups is 1. The van der Waals surface area contributed by atoms with Crippen molar-refractivity contribution in [2.75, 3.05) is 18.1 Å². The van der Waals surface area contributed by atoms with Gasteiger partial charge in [-0.25, -0.2) is 8.42 Å².